The molecule has 0 amide bonds. The van der Waals surface area contributed by atoms with Crippen molar-refractivity contribution in [3.63, 3.8) is 0 Å². The van der Waals surface area contributed by atoms with E-state index >= 15 is 0 Å². The Morgan fingerprint density at radius 2 is 1.86 bits per heavy atom. The molecule has 0 spiro atoms. The van der Waals surface area contributed by atoms with Gasteiger partial charge in [-0.3, -0.25) is 4.79 Å². The molecule has 0 fully saturated rings. The van der Waals surface area contributed by atoms with Gasteiger partial charge in [0.25, 0.3) is 0 Å². The van der Waals surface area contributed by atoms with Crippen molar-refractivity contribution in [3.8, 4) is 0 Å². The van der Waals surface area contributed by atoms with Gasteiger partial charge < -0.3 is 5.73 Å². The molecule has 0 rings (SSSR count). The van der Waals surface area contributed by atoms with Gasteiger partial charge in [0.05, 0.1) is 0 Å². The molecule has 0 aliphatic heterocycles. The fourth-order valence-electron chi connectivity index (χ4n) is 1.50. The smallest absolute Gasteiger partial charge is 0.133 e. The van der Waals surface area contributed by atoms with Gasteiger partial charge >= 0.3 is 0 Å². The summed E-state index contributed by atoms with van der Waals surface area (Å²) >= 11 is 0. The Hall–Kier alpha value is -0.370. The predicted octanol–water partition coefficient (Wildman–Crippen LogP) is 2.90. The highest BCUT2D eigenvalue weighted by atomic mass is 16.1. The zero-order chi connectivity index (χ0) is 10.8. The minimum absolute atomic E-state index is 0.359. The Morgan fingerprint density at radius 3 is 2.43 bits per heavy atom. The maximum absolute atomic E-state index is 11.4. The van der Waals surface area contributed by atoms with Crippen molar-refractivity contribution in [1.29, 1.82) is 0 Å². The summed E-state index contributed by atoms with van der Waals surface area (Å²) < 4.78 is 0. The number of hydrogen-bond donors (Lipinski definition) is 1. The molecule has 0 heterocycles. The van der Waals surface area contributed by atoms with Crippen LogP contribution in [0.1, 0.15) is 58.8 Å². The summed E-state index contributed by atoms with van der Waals surface area (Å²) in [5.41, 5.74) is 5.46. The second-order valence-corrected chi connectivity index (χ2v) is 4.25. The van der Waals surface area contributed by atoms with Crippen LogP contribution < -0.4 is 5.73 Å². The van der Waals surface area contributed by atoms with Crippen LogP contribution >= 0.6 is 0 Å². The first kappa shape index (κ1) is 13.6. The van der Waals surface area contributed by atoms with Crippen LogP contribution in [0.15, 0.2) is 0 Å². The summed E-state index contributed by atoms with van der Waals surface area (Å²) in [5.74, 6) is 0.748. The normalized spacial score (nSPS) is 12.8. The summed E-state index contributed by atoms with van der Waals surface area (Å²) in [6.45, 7) is 4.87. The molecule has 2 N–H and O–H groups in total. The van der Waals surface area contributed by atoms with Gasteiger partial charge in [0.15, 0.2) is 0 Å². The Morgan fingerprint density at radius 1 is 1.21 bits per heavy atom. The van der Waals surface area contributed by atoms with Crippen molar-refractivity contribution >= 4 is 5.78 Å². The maximum atomic E-state index is 11.4. The quantitative estimate of drug-likeness (QED) is 0.580. The van der Waals surface area contributed by atoms with E-state index in [0.29, 0.717) is 24.7 Å². The van der Waals surface area contributed by atoms with E-state index in [2.05, 4.69) is 6.92 Å². The summed E-state index contributed by atoms with van der Waals surface area (Å²) in [4.78, 5) is 11.4. The largest absolute Gasteiger partial charge is 0.330 e. The average Bonchev–Trinajstić information content (AvgIpc) is 2.17. The number of carbonyl (C=O) groups is 1. The number of unbranched alkanes of at least 4 members (excludes halogenated alkanes) is 4. The van der Waals surface area contributed by atoms with Crippen LogP contribution in [0.3, 0.4) is 0 Å². The molecule has 1 unspecified atom stereocenters. The van der Waals surface area contributed by atoms with Gasteiger partial charge in [-0.25, -0.2) is 0 Å². The van der Waals surface area contributed by atoms with Crippen LogP contribution in [0.25, 0.3) is 0 Å². The van der Waals surface area contributed by atoms with Crippen molar-refractivity contribution in [2.24, 2.45) is 11.7 Å². The monoisotopic (exact) mass is 199 g/mol. The molecule has 2 heteroatoms. The molecule has 0 aromatic heterocycles. The molecule has 0 saturated heterocycles. The molecule has 0 aliphatic carbocycles. The lowest BCUT2D eigenvalue weighted by molar-refractivity contribution is -0.119. The highest BCUT2D eigenvalue weighted by Gasteiger charge is 2.06. The highest BCUT2D eigenvalue weighted by Crippen LogP contribution is 2.09. The topological polar surface area (TPSA) is 43.1 Å². The summed E-state index contributed by atoms with van der Waals surface area (Å²) in [6, 6.07) is 0. The molecule has 14 heavy (non-hydrogen) atoms. The zero-order valence-corrected chi connectivity index (χ0v) is 9.72. The van der Waals surface area contributed by atoms with E-state index in [0.717, 1.165) is 12.8 Å². The standard InChI is InChI=1S/C12H25NO/c1-3-4-5-6-7-8-12(14)9-11(2)10-13/h11H,3-10,13H2,1-2H3. The Kier molecular flexibility index (Phi) is 8.95. The van der Waals surface area contributed by atoms with Crippen molar-refractivity contribution < 1.29 is 4.79 Å². The van der Waals surface area contributed by atoms with E-state index in [-0.39, 0.29) is 0 Å². The number of Topliss-reactive ketones (excluding diaryl/α,β-unsaturated/α-hetero) is 1. The third-order valence-electron chi connectivity index (χ3n) is 2.54. The van der Waals surface area contributed by atoms with E-state index in [4.69, 9.17) is 5.73 Å². The van der Waals surface area contributed by atoms with Crippen molar-refractivity contribution in [2.45, 2.75) is 58.8 Å². The highest BCUT2D eigenvalue weighted by molar-refractivity contribution is 5.78. The molecule has 0 aromatic carbocycles. The molecule has 0 bridgehead atoms. The van der Waals surface area contributed by atoms with Crippen molar-refractivity contribution in [1.82, 2.24) is 0 Å². The summed E-state index contributed by atoms with van der Waals surface area (Å²) in [6.07, 6.45) is 7.53. The number of hydrogen-bond acceptors (Lipinski definition) is 2. The molecular formula is C12H25NO. The average molecular weight is 199 g/mol. The zero-order valence-electron chi connectivity index (χ0n) is 9.72. The molecule has 0 radical (unpaired) electrons. The van der Waals surface area contributed by atoms with E-state index in [1.54, 1.807) is 0 Å². The number of carbonyl (C=O) groups excluding carboxylic acids is 1. The predicted molar refractivity (Wildman–Crippen MR) is 61.2 cm³/mol. The van der Waals surface area contributed by atoms with E-state index < -0.39 is 0 Å². The Labute approximate surface area is 88.3 Å². The first-order valence-corrected chi connectivity index (χ1v) is 5.92. The second-order valence-electron chi connectivity index (χ2n) is 4.25. The second kappa shape index (κ2) is 9.20. The summed E-state index contributed by atoms with van der Waals surface area (Å²) in [5, 5.41) is 0. The van der Waals surface area contributed by atoms with E-state index in [1.807, 2.05) is 6.92 Å². The van der Waals surface area contributed by atoms with Gasteiger partial charge in [-0.1, -0.05) is 39.5 Å². The fourth-order valence-corrected chi connectivity index (χ4v) is 1.50. The number of ketones is 1. The first-order valence-electron chi connectivity index (χ1n) is 5.92. The van der Waals surface area contributed by atoms with Crippen LogP contribution in [0.4, 0.5) is 0 Å². The summed E-state index contributed by atoms with van der Waals surface area (Å²) in [7, 11) is 0. The lowest BCUT2D eigenvalue weighted by atomic mass is 10.0. The van der Waals surface area contributed by atoms with Crippen LogP contribution in [0, 0.1) is 5.92 Å². The fraction of sp³-hybridized carbons (Fsp3) is 0.917. The van der Waals surface area contributed by atoms with E-state index in [9.17, 15) is 4.79 Å². The van der Waals surface area contributed by atoms with Gasteiger partial charge in [0.2, 0.25) is 0 Å². The Bertz CT molecular complexity index is 145. The van der Waals surface area contributed by atoms with Crippen LogP contribution in [-0.2, 0) is 4.79 Å². The lowest BCUT2D eigenvalue weighted by Gasteiger charge is -2.06. The van der Waals surface area contributed by atoms with Crippen molar-refractivity contribution in [2.75, 3.05) is 6.54 Å². The molecule has 0 aromatic rings. The van der Waals surface area contributed by atoms with Gasteiger partial charge in [0, 0.05) is 12.8 Å². The van der Waals surface area contributed by atoms with Crippen LogP contribution in [0.5, 0.6) is 0 Å². The number of nitrogens with two attached hydrogens (primary N) is 1. The minimum Gasteiger partial charge on any atom is -0.330 e. The maximum Gasteiger partial charge on any atom is 0.133 e. The third kappa shape index (κ3) is 8.24. The van der Waals surface area contributed by atoms with Gasteiger partial charge in [0.1, 0.15) is 5.78 Å². The van der Waals surface area contributed by atoms with Gasteiger partial charge in [-0.15, -0.1) is 0 Å². The third-order valence-corrected chi connectivity index (χ3v) is 2.54. The molecule has 1 atom stereocenters. The van der Waals surface area contributed by atoms with Crippen LogP contribution in [0.2, 0.25) is 0 Å². The first-order chi connectivity index (χ1) is 6.70. The molecule has 0 saturated carbocycles. The van der Waals surface area contributed by atoms with Crippen LogP contribution in [-0.4, -0.2) is 12.3 Å². The van der Waals surface area contributed by atoms with Gasteiger partial charge in [-0.05, 0) is 18.9 Å². The molecule has 84 valence electrons. The molecular weight excluding hydrogens is 174 g/mol. The SMILES string of the molecule is CCCCCCCC(=O)CC(C)CN. The molecule has 0 aliphatic rings. The lowest BCUT2D eigenvalue weighted by Crippen LogP contribution is -2.14. The Balaban J connectivity index is 3.27. The number of rotatable bonds is 9. The minimum atomic E-state index is 0.359. The molecule has 2 nitrogen and oxygen atoms in total. The van der Waals surface area contributed by atoms with Gasteiger partial charge in [-0.2, -0.15) is 0 Å². The van der Waals surface area contributed by atoms with E-state index in [1.165, 1.54) is 25.7 Å². The van der Waals surface area contributed by atoms with Crippen molar-refractivity contribution in [3.05, 3.63) is 0 Å².